The molecule has 1 saturated carbocycles. The van der Waals surface area contributed by atoms with Crippen molar-refractivity contribution < 1.29 is 4.74 Å². The lowest BCUT2D eigenvalue weighted by Crippen LogP contribution is -2.38. The number of aromatic nitrogens is 2. The van der Waals surface area contributed by atoms with Crippen LogP contribution in [-0.4, -0.2) is 47.3 Å². The molecule has 2 aliphatic heterocycles. The first-order chi connectivity index (χ1) is 11.8. The van der Waals surface area contributed by atoms with Crippen LogP contribution in [0.4, 0.5) is 0 Å². The van der Waals surface area contributed by atoms with E-state index in [0.717, 1.165) is 56.1 Å². The van der Waals surface area contributed by atoms with E-state index in [-0.39, 0.29) is 5.69 Å². The van der Waals surface area contributed by atoms with Crippen LogP contribution in [0.15, 0.2) is 29.1 Å². The van der Waals surface area contributed by atoms with Crippen LogP contribution in [0, 0.1) is 11.3 Å². The van der Waals surface area contributed by atoms with E-state index in [0.29, 0.717) is 11.5 Å². The summed E-state index contributed by atoms with van der Waals surface area (Å²) in [7, 11) is 0. The van der Waals surface area contributed by atoms with Crippen molar-refractivity contribution in [1.82, 2.24) is 14.5 Å². The maximum absolute atomic E-state index is 12.4. The van der Waals surface area contributed by atoms with Crippen LogP contribution in [0.2, 0.25) is 0 Å². The fourth-order valence-corrected chi connectivity index (χ4v) is 4.90. The van der Waals surface area contributed by atoms with Crippen LogP contribution in [0.1, 0.15) is 31.7 Å². The van der Waals surface area contributed by atoms with E-state index in [1.165, 1.54) is 19.4 Å². The van der Waals surface area contributed by atoms with Crippen molar-refractivity contribution >= 4 is 11.0 Å². The van der Waals surface area contributed by atoms with Gasteiger partial charge in [0.1, 0.15) is 0 Å². The topological polar surface area (TPSA) is 50.3 Å². The number of hydrogen-bond donors (Lipinski definition) is 1. The maximum Gasteiger partial charge on any atom is 0.326 e. The van der Waals surface area contributed by atoms with E-state index in [1.807, 2.05) is 28.8 Å². The molecule has 1 aromatic carbocycles. The molecule has 0 amide bonds. The van der Waals surface area contributed by atoms with Gasteiger partial charge in [-0.05, 0) is 43.7 Å². The predicted octanol–water partition coefficient (Wildman–Crippen LogP) is 2.39. The molecule has 24 heavy (non-hydrogen) atoms. The second-order valence-electron chi connectivity index (χ2n) is 7.92. The standard InChI is InChI=1S/C19H25N3O2/c23-18-20-16-3-1-2-4-17(16)22(18)15-5-8-21(9-6-15)12-14-11-19(14)7-10-24-13-19/h1-4,14-15H,5-13H2,(H,20,23). The molecule has 5 nitrogen and oxygen atoms in total. The van der Waals surface area contributed by atoms with E-state index >= 15 is 0 Å². The highest BCUT2D eigenvalue weighted by molar-refractivity contribution is 5.75. The fraction of sp³-hybridized carbons (Fsp3) is 0.632. The number of hydrogen-bond acceptors (Lipinski definition) is 3. The average molecular weight is 327 g/mol. The van der Waals surface area contributed by atoms with Crippen molar-refractivity contribution in [3.63, 3.8) is 0 Å². The van der Waals surface area contributed by atoms with Crippen LogP contribution in [0.5, 0.6) is 0 Å². The number of nitrogens with zero attached hydrogens (tertiary/aromatic N) is 2. The zero-order valence-corrected chi connectivity index (χ0v) is 14.0. The number of likely N-dealkylation sites (tertiary alicyclic amines) is 1. The third-order valence-electron chi connectivity index (χ3n) is 6.52. The van der Waals surface area contributed by atoms with Crippen molar-refractivity contribution in [3.05, 3.63) is 34.7 Å². The van der Waals surface area contributed by atoms with Crippen molar-refractivity contribution in [1.29, 1.82) is 0 Å². The Hall–Kier alpha value is -1.59. The highest BCUT2D eigenvalue weighted by Crippen LogP contribution is 2.58. The van der Waals surface area contributed by atoms with Gasteiger partial charge in [-0.15, -0.1) is 0 Å². The van der Waals surface area contributed by atoms with Crippen molar-refractivity contribution in [3.8, 4) is 0 Å². The van der Waals surface area contributed by atoms with Gasteiger partial charge in [0.05, 0.1) is 17.6 Å². The van der Waals surface area contributed by atoms with Gasteiger partial charge in [-0.1, -0.05) is 12.1 Å². The second kappa shape index (κ2) is 5.46. The Bertz CT molecular complexity index is 794. The molecule has 2 unspecified atom stereocenters. The Kier molecular flexibility index (Phi) is 3.35. The van der Waals surface area contributed by atoms with E-state index in [4.69, 9.17) is 4.74 Å². The molecule has 2 atom stereocenters. The van der Waals surface area contributed by atoms with Gasteiger partial charge < -0.3 is 14.6 Å². The number of rotatable bonds is 3. The predicted molar refractivity (Wildman–Crippen MR) is 93.2 cm³/mol. The van der Waals surface area contributed by atoms with Gasteiger partial charge in [0.25, 0.3) is 0 Å². The summed E-state index contributed by atoms with van der Waals surface area (Å²) < 4.78 is 7.58. The Labute approximate surface area is 141 Å². The Balaban J connectivity index is 1.25. The largest absolute Gasteiger partial charge is 0.381 e. The highest BCUT2D eigenvalue weighted by Gasteiger charge is 2.56. The third-order valence-corrected chi connectivity index (χ3v) is 6.52. The van der Waals surface area contributed by atoms with Crippen molar-refractivity contribution in [2.45, 2.75) is 31.7 Å². The molecular formula is C19H25N3O2. The summed E-state index contributed by atoms with van der Waals surface area (Å²) in [5, 5.41) is 0. The summed E-state index contributed by atoms with van der Waals surface area (Å²) in [6, 6.07) is 8.35. The number of para-hydroxylation sites is 2. The molecule has 2 aromatic rings. The zero-order chi connectivity index (χ0) is 16.1. The lowest BCUT2D eigenvalue weighted by Gasteiger charge is -2.33. The van der Waals surface area contributed by atoms with E-state index in [2.05, 4.69) is 9.88 Å². The molecule has 128 valence electrons. The Morgan fingerprint density at radius 3 is 2.88 bits per heavy atom. The van der Waals surface area contributed by atoms with Gasteiger partial charge >= 0.3 is 5.69 Å². The number of nitrogens with one attached hydrogen (secondary N) is 1. The van der Waals surface area contributed by atoms with Crippen LogP contribution >= 0.6 is 0 Å². The first-order valence-electron chi connectivity index (χ1n) is 9.25. The molecule has 0 radical (unpaired) electrons. The third kappa shape index (κ3) is 2.33. The molecular weight excluding hydrogens is 302 g/mol. The summed E-state index contributed by atoms with van der Waals surface area (Å²) in [5.74, 6) is 0.840. The lowest BCUT2D eigenvalue weighted by atomic mass is 10.0. The normalized spacial score (nSPS) is 31.2. The van der Waals surface area contributed by atoms with Crippen LogP contribution in [-0.2, 0) is 4.74 Å². The van der Waals surface area contributed by atoms with Crippen LogP contribution in [0.3, 0.4) is 0 Å². The average Bonchev–Trinajstić information content (AvgIpc) is 2.93. The monoisotopic (exact) mass is 327 g/mol. The lowest BCUT2D eigenvalue weighted by molar-refractivity contribution is 0.158. The van der Waals surface area contributed by atoms with E-state index in [9.17, 15) is 4.79 Å². The minimum absolute atomic E-state index is 0.0406. The van der Waals surface area contributed by atoms with Crippen LogP contribution < -0.4 is 5.69 Å². The smallest absolute Gasteiger partial charge is 0.326 e. The molecule has 5 rings (SSSR count). The van der Waals surface area contributed by atoms with Gasteiger partial charge in [-0.3, -0.25) is 4.57 Å². The molecule has 0 bridgehead atoms. The minimum Gasteiger partial charge on any atom is -0.381 e. The molecule has 1 aromatic heterocycles. The van der Waals surface area contributed by atoms with Crippen molar-refractivity contribution in [2.24, 2.45) is 11.3 Å². The van der Waals surface area contributed by atoms with Gasteiger partial charge in [0.2, 0.25) is 0 Å². The molecule has 3 heterocycles. The van der Waals surface area contributed by atoms with E-state index < -0.39 is 0 Å². The van der Waals surface area contributed by atoms with Gasteiger partial charge in [0, 0.05) is 37.7 Å². The van der Waals surface area contributed by atoms with Gasteiger partial charge in [-0.25, -0.2) is 4.79 Å². The summed E-state index contributed by atoms with van der Waals surface area (Å²) in [4.78, 5) is 18.0. The molecule has 2 saturated heterocycles. The molecule has 5 heteroatoms. The molecule has 1 aliphatic carbocycles. The molecule has 1 spiro atoms. The van der Waals surface area contributed by atoms with Crippen LogP contribution in [0.25, 0.3) is 11.0 Å². The molecule has 3 fully saturated rings. The number of aromatic amines is 1. The quantitative estimate of drug-likeness (QED) is 0.942. The number of piperidine rings is 1. The number of H-pyrrole nitrogens is 1. The summed E-state index contributed by atoms with van der Waals surface area (Å²) >= 11 is 0. The van der Waals surface area contributed by atoms with Crippen molar-refractivity contribution in [2.75, 3.05) is 32.8 Å². The minimum atomic E-state index is 0.0406. The first kappa shape index (κ1) is 14.7. The fourth-order valence-electron chi connectivity index (χ4n) is 4.90. The summed E-state index contributed by atoms with van der Waals surface area (Å²) in [5.41, 5.74) is 2.57. The first-order valence-corrected chi connectivity index (χ1v) is 9.25. The maximum atomic E-state index is 12.4. The summed E-state index contributed by atoms with van der Waals surface area (Å²) in [6.45, 7) is 5.37. The highest BCUT2D eigenvalue weighted by atomic mass is 16.5. The zero-order valence-electron chi connectivity index (χ0n) is 14.0. The molecule has 3 aliphatic rings. The van der Waals surface area contributed by atoms with Gasteiger partial charge in [-0.2, -0.15) is 0 Å². The summed E-state index contributed by atoms with van der Waals surface area (Å²) in [6.07, 6.45) is 4.75. The number of benzene rings is 1. The van der Waals surface area contributed by atoms with E-state index in [1.54, 1.807) is 0 Å². The Morgan fingerprint density at radius 1 is 1.25 bits per heavy atom. The number of ether oxygens (including phenoxy) is 1. The second-order valence-corrected chi connectivity index (χ2v) is 7.92. The van der Waals surface area contributed by atoms with Gasteiger partial charge in [0.15, 0.2) is 0 Å². The number of fused-ring (bicyclic) bond motifs is 1. The number of imidazole rings is 1. The Morgan fingerprint density at radius 2 is 2.08 bits per heavy atom. The molecule has 1 N–H and O–H groups in total. The SMILES string of the molecule is O=c1[nH]c2ccccc2n1C1CCN(CC2CC23CCOC3)CC1.